The maximum atomic E-state index is 13.6. The molecule has 0 radical (unpaired) electrons. The van der Waals surface area contributed by atoms with Gasteiger partial charge in [0.2, 0.25) is 5.82 Å². The van der Waals surface area contributed by atoms with Gasteiger partial charge in [0.25, 0.3) is 0 Å². The maximum absolute atomic E-state index is 13.6. The number of fused-ring (bicyclic) bond motifs is 2. The summed E-state index contributed by atoms with van der Waals surface area (Å²) in [4.78, 5) is 11.4. The van der Waals surface area contributed by atoms with Gasteiger partial charge >= 0.3 is 5.97 Å². The molecular weight excluding hydrogens is 409 g/mol. The molecule has 2 atom stereocenters. The van der Waals surface area contributed by atoms with Gasteiger partial charge in [-0.05, 0) is 42.5 Å². The molecule has 2 aromatic rings. The van der Waals surface area contributed by atoms with E-state index < -0.39 is 29.2 Å². The summed E-state index contributed by atoms with van der Waals surface area (Å²) in [5.41, 5.74) is 2.14. The van der Waals surface area contributed by atoms with Crippen LogP contribution in [0.1, 0.15) is 24.0 Å². The minimum absolute atomic E-state index is 0.0545. The number of benzene rings is 2. The fourth-order valence-corrected chi connectivity index (χ4v) is 4.23. The highest BCUT2D eigenvalue weighted by molar-refractivity contribution is 5.88. The first-order chi connectivity index (χ1) is 14.9. The molecule has 2 aliphatic rings. The van der Waals surface area contributed by atoms with Crippen molar-refractivity contribution < 1.29 is 27.8 Å². The van der Waals surface area contributed by atoms with Gasteiger partial charge in [0.05, 0.1) is 23.8 Å². The Hall–Kier alpha value is -2.84. The fraction of sp³-hybridized carbons (Fsp3) is 0.348. The molecule has 31 heavy (non-hydrogen) atoms. The van der Waals surface area contributed by atoms with E-state index in [9.17, 15) is 23.1 Å². The zero-order chi connectivity index (χ0) is 22.0. The van der Waals surface area contributed by atoms with Crippen LogP contribution in [0.4, 0.5) is 13.2 Å². The van der Waals surface area contributed by atoms with Crippen molar-refractivity contribution in [1.82, 2.24) is 10.6 Å². The van der Waals surface area contributed by atoms with Crippen LogP contribution in [0.3, 0.4) is 0 Å². The topological polar surface area (TPSA) is 70.6 Å². The second-order valence-corrected chi connectivity index (χ2v) is 7.90. The smallest absolute Gasteiger partial charge is 0.332 e. The molecular formula is C23H23F3N2O3. The molecule has 2 aromatic carbocycles. The lowest BCUT2D eigenvalue weighted by molar-refractivity contribution is -0.133. The average Bonchev–Trinajstić information content (AvgIpc) is 2.76. The first-order valence-electron chi connectivity index (χ1n) is 10.2. The Morgan fingerprint density at radius 1 is 1.13 bits per heavy atom. The quantitative estimate of drug-likeness (QED) is 0.463. The first-order valence-corrected chi connectivity index (χ1v) is 10.2. The molecule has 0 saturated carbocycles. The monoisotopic (exact) mass is 432 g/mol. The minimum Gasteiger partial charge on any atom is -0.488 e. The van der Waals surface area contributed by atoms with Gasteiger partial charge < -0.3 is 15.2 Å². The zero-order valence-corrected chi connectivity index (χ0v) is 16.8. The van der Waals surface area contributed by atoms with Gasteiger partial charge in [0.15, 0.2) is 17.4 Å². The molecule has 2 aliphatic heterocycles. The van der Waals surface area contributed by atoms with E-state index in [1.165, 1.54) is 0 Å². The summed E-state index contributed by atoms with van der Waals surface area (Å²) in [6.07, 6.45) is 3.52. The molecule has 0 spiro atoms. The summed E-state index contributed by atoms with van der Waals surface area (Å²) >= 11 is 0. The Labute approximate surface area is 177 Å². The predicted molar refractivity (Wildman–Crippen MR) is 108 cm³/mol. The van der Waals surface area contributed by atoms with Crippen LogP contribution in [0, 0.1) is 17.5 Å². The SMILES string of the molecule is O=C(O)C1=CCC2(c3ccc(CCCOc4c(F)ccc(F)c4F)cc3)CNCC1N2. The molecule has 3 N–H and O–H groups in total. The summed E-state index contributed by atoms with van der Waals surface area (Å²) in [6.45, 7) is 1.33. The molecule has 1 saturated heterocycles. The van der Waals surface area contributed by atoms with Crippen molar-refractivity contribution in [3.05, 3.63) is 76.6 Å². The van der Waals surface area contributed by atoms with Crippen molar-refractivity contribution in [3.63, 3.8) is 0 Å². The lowest BCUT2D eigenvalue weighted by Gasteiger charge is -2.46. The number of ether oxygens (including phenoxy) is 1. The minimum atomic E-state index is -1.32. The number of carboxylic acid groups (broad SMARTS) is 1. The van der Waals surface area contributed by atoms with Crippen molar-refractivity contribution in [2.75, 3.05) is 19.7 Å². The number of rotatable bonds is 7. The van der Waals surface area contributed by atoms with E-state index >= 15 is 0 Å². The van der Waals surface area contributed by atoms with E-state index in [0.29, 0.717) is 37.9 Å². The van der Waals surface area contributed by atoms with Crippen molar-refractivity contribution in [3.8, 4) is 5.75 Å². The van der Waals surface area contributed by atoms with E-state index in [0.717, 1.165) is 23.3 Å². The van der Waals surface area contributed by atoms with Gasteiger partial charge in [-0.2, -0.15) is 4.39 Å². The number of carboxylic acids is 1. The molecule has 2 bridgehead atoms. The highest BCUT2D eigenvalue weighted by Crippen LogP contribution is 2.33. The lowest BCUT2D eigenvalue weighted by Crippen LogP contribution is -2.64. The summed E-state index contributed by atoms with van der Waals surface area (Å²) in [6, 6.07) is 9.31. The van der Waals surface area contributed by atoms with Crippen LogP contribution >= 0.6 is 0 Å². The summed E-state index contributed by atoms with van der Waals surface area (Å²) in [5.74, 6) is -4.98. The van der Waals surface area contributed by atoms with E-state index in [-0.39, 0.29) is 18.2 Å². The normalized spacial score (nSPS) is 22.7. The second kappa shape index (κ2) is 8.72. The summed E-state index contributed by atoms with van der Waals surface area (Å²) in [5, 5.41) is 16.2. The third-order valence-electron chi connectivity index (χ3n) is 5.88. The molecule has 2 unspecified atom stereocenters. The predicted octanol–water partition coefficient (Wildman–Crippen LogP) is 3.29. The molecule has 4 rings (SSSR count). The van der Waals surface area contributed by atoms with E-state index in [1.807, 2.05) is 24.3 Å². The number of halogens is 3. The van der Waals surface area contributed by atoms with Crippen LogP contribution in [0.2, 0.25) is 0 Å². The summed E-state index contributed by atoms with van der Waals surface area (Å²) in [7, 11) is 0. The lowest BCUT2D eigenvalue weighted by atomic mass is 9.78. The number of aliphatic carboxylic acids is 1. The van der Waals surface area contributed by atoms with Crippen LogP contribution in [0.15, 0.2) is 48.0 Å². The molecule has 0 aromatic heterocycles. The van der Waals surface area contributed by atoms with E-state index in [4.69, 9.17) is 4.74 Å². The zero-order valence-electron chi connectivity index (χ0n) is 16.8. The van der Waals surface area contributed by atoms with Gasteiger partial charge in [-0.1, -0.05) is 30.3 Å². The average molecular weight is 432 g/mol. The Kier molecular flexibility index (Phi) is 6.02. The van der Waals surface area contributed by atoms with Crippen molar-refractivity contribution >= 4 is 5.97 Å². The molecule has 1 fully saturated rings. The number of hydrogen-bond acceptors (Lipinski definition) is 4. The highest BCUT2D eigenvalue weighted by Gasteiger charge is 2.42. The number of piperazine rings is 1. The van der Waals surface area contributed by atoms with Crippen molar-refractivity contribution in [2.45, 2.75) is 30.8 Å². The van der Waals surface area contributed by atoms with Crippen LogP contribution in [-0.2, 0) is 16.8 Å². The summed E-state index contributed by atoms with van der Waals surface area (Å²) < 4.78 is 45.5. The molecule has 0 amide bonds. The van der Waals surface area contributed by atoms with Crippen molar-refractivity contribution in [1.29, 1.82) is 0 Å². The van der Waals surface area contributed by atoms with E-state index in [1.54, 1.807) is 6.08 Å². The highest BCUT2D eigenvalue weighted by atomic mass is 19.2. The van der Waals surface area contributed by atoms with Gasteiger partial charge in [0.1, 0.15) is 0 Å². The second-order valence-electron chi connectivity index (χ2n) is 7.90. The largest absolute Gasteiger partial charge is 0.488 e. The molecule has 8 heteroatoms. The Bertz CT molecular complexity index is 1010. The Morgan fingerprint density at radius 3 is 2.61 bits per heavy atom. The van der Waals surface area contributed by atoms with Gasteiger partial charge in [-0.3, -0.25) is 5.32 Å². The number of aryl methyl sites for hydroxylation is 1. The Morgan fingerprint density at radius 2 is 1.87 bits per heavy atom. The van der Waals surface area contributed by atoms with Crippen LogP contribution in [-0.4, -0.2) is 36.8 Å². The number of nitrogens with one attached hydrogen (secondary N) is 2. The van der Waals surface area contributed by atoms with Crippen LogP contribution < -0.4 is 15.4 Å². The fourth-order valence-electron chi connectivity index (χ4n) is 4.23. The number of carbonyl (C=O) groups is 1. The van der Waals surface area contributed by atoms with Gasteiger partial charge in [-0.15, -0.1) is 0 Å². The molecule has 164 valence electrons. The maximum Gasteiger partial charge on any atom is 0.332 e. The van der Waals surface area contributed by atoms with E-state index in [2.05, 4.69) is 10.6 Å². The molecule has 2 heterocycles. The number of hydrogen-bond donors (Lipinski definition) is 3. The van der Waals surface area contributed by atoms with Crippen LogP contribution in [0.25, 0.3) is 0 Å². The van der Waals surface area contributed by atoms with Gasteiger partial charge in [-0.25, -0.2) is 13.6 Å². The third-order valence-corrected chi connectivity index (χ3v) is 5.88. The van der Waals surface area contributed by atoms with Crippen LogP contribution in [0.5, 0.6) is 5.75 Å². The molecule has 5 nitrogen and oxygen atoms in total. The Balaban J connectivity index is 1.36. The third kappa shape index (κ3) is 4.31. The molecule has 0 aliphatic carbocycles. The van der Waals surface area contributed by atoms with Crippen molar-refractivity contribution in [2.24, 2.45) is 0 Å². The van der Waals surface area contributed by atoms with Gasteiger partial charge in [0, 0.05) is 13.1 Å². The first kappa shape index (κ1) is 21.4. The standard InChI is InChI=1S/C23H23F3N2O3/c24-17-7-8-18(25)21(20(17)26)31-11-1-2-14-3-5-15(6-4-14)23-10-9-16(22(29)30)19(28-23)12-27-13-23/h3-9,19,27-28H,1-2,10-13H2,(H,29,30).